The third-order valence-electron chi connectivity index (χ3n) is 6.38. The number of benzene rings is 2. The van der Waals surface area contributed by atoms with Crippen LogP contribution in [0.15, 0.2) is 42.5 Å². The van der Waals surface area contributed by atoms with E-state index in [4.69, 9.17) is 4.74 Å². The van der Waals surface area contributed by atoms with Gasteiger partial charge in [-0.2, -0.15) is 0 Å². The maximum Gasteiger partial charge on any atom is 0.120 e. The lowest BCUT2D eigenvalue weighted by Gasteiger charge is -2.17. The highest BCUT2D eigenvalue weighted by molar-refractivity contribution is 5.33. The molecule has 0 radical (unpaired) electrons. The van der Waals surface area contributed by atoms with Crippen molar-refractivity contribution < 1.29 is 20.1 Å². The van der Waals surface area contributed by atoms with Crippen molar-refractivity contribution in [2.75, 3.05) is 0 Å². The second kappa shape index (κ2) is 13.5. The van der Waals surface area contributed by atoms with Gasteiger partial charge in [0.25, 0.3) is 0 Å². The predicted octanol–water partition coefficient (Wildman–Crippen LogP) is 5.71. The van der Waals surface area contributed by atoms with Crippen LogP contribution in [0.2, 0.25) is 0 Å². The fourth-order valence-corrected chi connectivity index (χ4v) is 3.85. The van der Waals surface area contributed by atoms with Gasteiger partial charge in [0.1, 0.15) is 12.4 Å². The first-order valence-corrected chi connectivity index (χ1v) is 11.7. The molecule has 0 amide bonds. The van der Waals surface area contributed by atoms with Gasteiger partial charge < -0.3 is 20.1 Å². The van der Waals surface area contributed by atoms with E-state index in [-0.39, 0.29) is 19.3 Å². The Bertz CT molecular complexity index is 774. The lowest BCUT2D eigenvalue weighted by molar-refractivity contribution is 0.102. The van der Waals surface area contributed by atoms with Crippen LogP contribution in [0, 0.1) is 5.92 Å². The normalized spacial score (nSPS) is 14.3. The minimum absolute atomic E-state index is 0.0740. The van der Waals surface area contributed by atoms with Crippen LogP contribution in [0.25, 0.3) is 0 Å². The number of hydrogen-bond acceptors (Lipinski definition) is 4. The third kappa shape index (κ3) is 8.29. The number of rotatable bonds is 14. The molecule has 3 unspecified atom stereocenters. The van der Waals surface area contributed by atoms with E-state index in [1.807, 2.05) is 30.3 Å². The van der Waals surface area contributed by atoms with E-state index in [0.717, 1.165) is 54.5 Å². The zero-order valence-corrected chi connectivity index (χ0v) is 19.4. The van der Waals surface area contributed by atoms with E-state index >= 15 is 0 Å². The summed E-state index contributed by atoms with van der Waals surface area (Å²) in [5.74, 6) is 1.70. The molecule has 3 atom stereocenters. The molecule has 31 heavy (non-hydrogen) atoms. The Hall–Kier alpha value is -1.88. The highest BCUT2D eigenvalue weighted by Crippen LogP contribution is 2.26. The quantitative estimate of drug-likeness (QED) is 0.337. The molecule has 0 bridgehead atoms. The topological polar surface area (TPSA) is 69.9 Å². The fourth-order valence-electron chi connectivity index (χ4n) is 3.85. The summed E-state index contributed by atoms with van der Waals surface area (Å²) < 4.78 is 5.99. The van der Waals surface area contributed by atoms with E-state index in [1.165, 1.54) is 12.0 Å². The lowest BCUT2D eigenvalue weighted by atomic mass is 9.93. The maximum absolute atomic E-state index is 10.1. The molecule has 0 saturated carbocycles. The smallest absolute Gasteiger partial charge is 0.120 e. The van der Waals surface area contributed by atoms with Crippen molar-refractivity contribution in [2.45, 2.75) is 91.1 Å². The summed E-state index contributed by atoms with van der Waals surface area (Å²) in [6, 6.07) is 13.9. The zero-order chi connectivity index (χ0) is 22.6. The molecule has 0 aliphatic rings. The van der Waals surface area contributed by atoms with Gasteiger partial charge in [0.05, 0.1) is 19.3 Å². The standard InChI is InChI=1S/C27H40O4/c1-4-20(2)27(30)12-7-5-6-9-21(3)23-10-8-11-26(16-23)31-19-22-13-14-24(17-28)25(15-22)18-29/h8,10-11,13-16,20-21,27-30H,4-7,9,12,17-19H2,1-3H3. The molecule has 0 heterocycles. The van der Waals surface area contributed by atoms with Crippen LogP contribution in [0.4, 0.5) is 0 Å². The molecule has 0 aromatic heterocycles. The van der Waals surface area contributed by atoms with E-state index < -0.39 is 0 Å². The minimum atomic E-state index is -0.162. The number of ether oxygens (including phenoxy) is 1. The molecule has 0 aliphatic carbocycles. The average molecular weight is 429 g/mol. The first-order valence-electron chi connectivity index (χ1n) is 11.7. The molecule has 172 valence electrons. The summed E-state index contributed by atoms with van der Waals surface area (Å²) in [6.07, 6.45) is 6.32. The predicted molar refractivity (Wildman–Crippen MR) is 126 cm³/mol. The van der Waals surface area contributed by atoms with Crippen molar-refractivity contribution in [3.05, 3.63) is 64.7 Å². The second-order valence-electron chi connectivity index (χ2n) is 8.77. The Labute approximate surface area is 187 Å². The Morgan fingerprint density at radius 1 is 0.871 bits per heavy atom. The Balaban J connectivity index is 1.80. The third-order valence-corrected chi connectivity index (χ3v) is 6.38. The first kappa shape index (κ1) is 25.4. The monoisotopic (exact) mass is 428 g/mol. The van der Waals surface area contributed by atoms with Crippen LogP contribution in [-0.4, -0.2) is 21.4 Å². The molecule has 3 N–H and O–H groups in total. The molecule has 4 nitrogen and oxygen atoms in total. The van der Waals surface area contributed by atoms with Gasteiger partial charge in [-0.1, -0.05) is 70.7 Å². The molecular weight excluding hydrogens is 388 g/mol. The SMILES string of the molecule is CCC(C)C(O)CCCCCC(C)c1cccc(OCc2ccc(CO)c(CO)c2)c1. The van der Waals surface area contributed by atoms with Crippen molar-refractivity contribution in [1.29, 1.82) is 0 Å². The number of unbranched alkanes of at least 4 members (excludes halogenated alkanes) is 2. The van der Waals surface area contributed by atoms with E-state index in [0.29, 0.717) is 18.4 Å². The molecule has 4 heteroatoms. The van der Waals surface area contributed by atoms with Crippen LogP contribution in [0.3, 0.4) is 0 Å². The summed E-state index contributed by atoms with van der Waals surface area (Å²) in [6.45, 7) is 6.77. The summed E-state index contributed by atoms with van der Waals surface area (Å²) in [5, 5.41) is 28.9. The summed E-state index contributed by atoms with van der Waals surface area (Å²) in [5.41, 5.74) is 3.74. The van der Waals surface area contributed by atoms with Crippen LogP contribution in [0.1, 0.15) is 87.5 Å². The maximum atomic E-state index is 10.1. The first-order chi connectivity index (χ1) is 15.0. The number of aliphatic hydroxyl groups excluding tert-OH is 3. The lowest BCUT2D eigenvalue weighted by Crippen LogP contribution is -2.16. The molecule has 0 saturated heterocycles. The van der Waals surface area contributed by atoms with Gasteiger partial charge in [-0.3, -0.25) is 0 Å². The van der Waals surface area contributed by atoms with Crippen molar-refractivity contribution in [1.82, 2.24) is 0 Å². The van der Waals surface area contributed by atoms with Gasteiger partial charge in [0.15, 0.2) is 0 Å². The van der Waals surface area contributed by atoms with E-state index in [1.54, 1.807) is 0 Å². The summed E-state index contributed by atoms with van der Waals surface area (Å²) in [4.78, 5) is 0. The van der Waals surface area contributed by atoms with E-state index in [2.05, 4.69) is 32.9 Å². The minimum Gasteiger partial charge on any atom is -0.489 e. The average Bonchev–Trinajstić information content (AvgIpc) is 2.81. The molecular formula is C27H40O4. The number of hydrogen-bond donors (Lipinski definition) is 3. The van der Waals surface area contributed by atoms with Crippen LogP contribution in [-0.2, 0) is 19.8 Å². The Morgan fingerprint density at radius 2 is 1.61 bits per heavy atom. The van der Waals surface area contributed by atoms with Crippen molar-refractivity contribution in [3.8, 4) is 5.75 Å². The molecule has 2 rings (SSSR count). The van der Waals surface area contributed by atoms with Gasteiger partial charge in [0.2, 0.25) is 0 Å². The van der Waals surface area contributed by atoms with Crippen LogP contribution in [0.5, 0.6) is 5.75 Å². The number of aliphatic hydroxyl groups is 3. The summed E-state index contributed by atoms with van der Waals surface area (Å²) >= 11 is 0. The molecule has 0 spiro atoms. The van der Waals surface area contributed by atoms with Crippen molar-refractivity contribution in [3.63, 3.8) is 0 Å². The fraction of sp³-hybridized carbons (Fsp3) is 0.556. The molecule has 0 aliphatic heterocycles. The Morgan fingerprint density at radius 3 is 2.32 bits per heavy atom. The molecule has 2 aromatic rings. The van der Waals surface area contributed by atoms with Gasteiger partial charge in [-0.15, -0.1) is 0 Å². The van der Waals surface area contributed by atoms with Gasteiger partial charge in [-0.05, 0) is 65.1 Å². The molecule has 0 fully saturated rings. The largest absolute Gasteiger partial charge is 0.489 e. The second-order valence-corrected chi connectivity index (χ2v) is 8.77. The van der Waals surface area contributed by atoms with Crippen molar-refractivity contribution >= 4 is 0 Å². The van der Waals surface area contributed by atoms with E-state index in [9.17, 15) is 15.3 Å². The van der Waals surface area contributed by atoms with Crippen LogP contribution < -0.4 is 4.74 Å². The Kier molecular flexibility index (Phi) is 11.1. The summed E-state index contributed by atoms with van der Waals surface area (Å²) in [7, 11) is 0. The molecule has 2 aromatic carbocycles. The highest BCUT2D eigenvalue weighted by Gasteiger charge is 2.12. The van der Waals surface area contributed by atoms with Gasteiger partial charge >= 0.3 is 0 Å². The highest BCUT2D eigenvalue weighted by atomic mass is 16.5. The van der Waals surface area contributed by atoms with Gasteiger partial charge in [-0.25, -0.2) is 0 Å². The van der Waals surface area contributed by atoms with Crippen LogP contribution >= 0.6 is 0 Å². The van der Waals surface area contributed by atoms with Gasteiger partial charge in [0, 0.05) is 0 Å². The van der Waals surface area contributed by atoms with Crippen molar-refractivity contribution in [2.24, 2.45) is 5.92 Å². The zero-order valence-electron chi connectivity index (χ0n) is 19.4.